The number of nitrogens with zero attached hydrogens (tertiary/aromatic N) is 1. The molecule has 0 saturated carbocycles. The number of nitrogens with one attached hydrogen (secondary N) is 1. The molecule has 1 atom stereocenters. The van der Waals surface area contributed by atoms with Crippen LogP contribution in [-0.4, -0.2) is 31.1 Å². The van der Waals surface area contributed by atoms with Gasteiger partial charge in [0, 0.05) is 31.1 Å². The molecule has 2 heterocycles. The van der Waals surface area contributed by atoms with E-state index in [0.717, 1.165) is 31.7 Å². The van der Waals surface area contributed by atoms with Crippen molar-refractivity contribution in [1.29, 1.82) is 0 Å². The Morgan fingerprint density at radius 2 is 1.62 bits per heavy atom. The highest BCUT2D eigenvalue weighted by Crippen LogP contribution is 2.34. The number of hydrogen-bond donors (Lipinski definition) is 1. The molecule has 0 aliphatic carbocycles. The molecule has 1 aliphatic rings. The van der Waals surface area contributed by atoms with Crippen LogP contribution in [-0.2, 0) is 6.18 Å². The lowest BCUT2D eigenvalue weighted by molar-refractivity contribution is -0.137. The van der Waals surface area contributed by atoms with E-state index in [1.165, 1.54) is 17.0 Å². The second-order valence-corrected chi connectivity index (χ2v) is 6.30. The maximum atomic E-state index is 12.7. The minimum Gasteiger partial charge on any atom is -0.314 e. The molecule has 0 amide bonds. The molecule has 1 saturated heterocycles. The molecule has 3 rings (SSSR count). The Morgan fingerprint density at radius 1 is 1.00 bits per heavy atom. The normalized spacial score (nSPS) is 16.8. The van der Waals surface area contributed by atoms with E-state index in [-0.39, 0.29) is 30.9 Å². The molecule has 1 N–H and O–H groups in total. The van der Waals surface area contributed by atoms with Crippen LogP contribution in [0.15, 0.2) is 41.8 Å². The van der Waals surface area contributed by atoms with E-state index in [1.54, 1.807) is 23.5 Å². The number of piperazine rings is 1. The van der Waals surface area contributed by atoms with Crippen LogP contribution >= 0.6 is 36.2 Å². The first-order valence-corrected chi connectivity index (χ1v) is 8.09. The fourth-order valence-electron chi connectivity index (χ4n) is 2.80. The smallest absolute Gasteiger partial charge is 0.314 e. The molecule has 1 aromatic carbocycles. The Balaban J connectivity index is 0.00000144. The lowest BCUT2D eigenvalue weighted by Crippen LogP contribution is -2.45. The standard InChI is InChI=1S/C16H17F3N2S.2ClH/c17-16(18,19)13-5-3-12(4-6-13)15(14-2-1-11-22-14)21-9-7-20-8-10-21;;/h1-6,11,15,20H,7-10H2;2*1H/t15-;;/m0../s1. The molecule has 0 bridgehead atoms. The number of rotatable bonds is 3. The van der Waals surface area contributed by atoms with Crippen molar-refractivity contribution >= 4 is 36.2 Å². The van der Waals surface area contributed by atoms with E-state index in [2.05, 4.69) is 16.3 Å². The summed E-state index contributed by atoms with van der Waals surface area (Å²) in [6.45, 7) is 3.60. The summed E-state index contributed by atoms with van der Waals surface area (Å²) >= 11 is 1.64. The summed E-state index contributed by atoms with van der Waals surface area (Å²) in [6.07, 6.45) is -4.29. The molecule has 24 heavy (non-hydrogen) atoms. The fourth-order valence-corrected chi connectivity index (χ4v) is 3.68. The zero-order valence-corrected chi connectivity index (χ0v) is 15.2. The average molecular weight is 399 g/mol. The van der Waals surface area contributed by atoms with Crippen molar-refractivity contribution < 1.29 is 13.2 Å². The van der Waals surface area contributed by atoms with Crippen LogP contribution < -0.4 is 5.32 Å². The quantitative estimate of drug-likeness (QED) is 0.812. The molecule has 1 aromatic heterocycles. The van der Waals surface area contributed by atoms with Crippen LogP contribution in [0.5, 0.6) is 0 Å². The van der Waals surface area contributed by atoms with Crippen molar-refractivity contribution in [3.63, 3.8) is 0 Å². The topological polar surface area (TPSA) is 15.3 Å². The first kappa shape index (κ1) is 21.3. The van der Waals surface area contributed by atoms with E-state index in [4.69, 9.17) is 0 Å². The first-order valence-electron chi connectivity index (χ1n) is 7.21. The lowest BCUT2D eigenvalue weighted by Gasteiger charge is -2.34. The van der Waals surface area contributed by atoms with E-state index < -0.39 is 11.7 Å². The molecule has 0 unspecified atom stereocenters. The Hall–Kier alpha value is -0.790. The van der Waals surface area contributed by atoms with Gasteiger partial charge in [0.1, 0.15) is 0 Å². The van der Waals surface area contributed by atoms with Gasteiger partial charge in [0.25, 0.3) is 0 Å². The highest BCUT2D eigenvalue weighted by molar-refractivity contribution is 7.10. The van der Waals surface area contributed by atoms with Gasteiger partial charge in [-0.25, -0.2) is 0 Å². The summed E-state index contributed by atoms with van der Waals surface area (Å²) < 4.78 is 38.2. The number of alkyl halides is 3. The predicted molar refractivity (Wildman–Crippen MR) is 96.5 cm³/mol. The molecular weight excluding hydrogens is 380 g/mol. The van der Waals surface area contributed by atoms with Crippen LogP contribution in [0.4, 0.5) is 13.2 Å². The predicted octanol–water partition coefficient (Wildman–Crippen LogP) is 4.61. The molecule has 8 heteroatoms. The van der Waals surface area contributed by atoms with Gasteiger partial charge in [-0.3, -0.25) is 4.90 Å². The third kappa shape index (κ3) is 4.86. The van der Waals surface area contributed by atoms with Crippen molar-refractivity contribution in [2.45, 2.75) is 12.2 Å². The van der Waals surface area contributed by atoms with Crippen LogP contribution in [0.3, 0.4) is 0 Å². The third-order valence-corrected chi connectivity index (χ3v) is 4.81. The van der Waals surface area contributed by atoms with Gasteiger partial charge in [-0.15, -0.1) is 36.2 Å². The summed E-state index contributed by atoms with van der Waals surface area (Å²) in [5.74, 6) is 0. The number of benzene rings is 1. The van der Waals surface area contributed by atoms with Gasteiger partial charge in [0.05, 0.1) is 11.6 Å². The Bertz CT molecular complexity index is 597. The monoisotopic (exact) mass is 398 g/mol. The van der Waals surface area contributed by atoms with Gasteiger partial charge < -0.3 is 5.32 Å². The molecular formula is C16H19Cl2F3N2S. The van der Waals surface area contributed by atoms with E-state index >= 15 is 0 Å². The summed E-state index contributed by atoms with van der Waals surface area (Å²) in [5, 5.41) is 5.32. The zero-order chi connectivity index (χ0) is 15.6. The van der Waals surface area contributed by atoms with Crippen molar-refractivity contribution in [2.75, 3.05) is 26.2 Å². The number of hydrogen-bond acceptors (Lipinski definition) is 3. The second kappa shape index (κ2) is 9.06. The van der Waals surface area contributed by atoms with Crippen LogP contribution in [0.2, 0.25) is 0 Å². The van der Waals surface area contributed by atoms with Gasteiger partial charge in [-0.2, -0.15) is 13.2 Å². The molecule has 1 aliphatic heterocycles. The average Bonchev–Trinajstić information content (AvgIpc) is 3.02. The van der Waals surface area contributed by atoms with E-state index in [0.29, 0.717) is 0 Å². The van der Waals surface area contributed by atoms with E-state index in [1.807, 2.05) is 11.4 Å². The van der Waals surface area contributed by atoms with Crippen molar-refractivity contribution in [1.82, 2.24) is 10.2 Å². The molecule has 0 radical (unpaired) electrons. The van der Waals surface area contributed by atoms with Crippen LogP contribution in [0.25, 0.3) is 0 Å². The number of thiophene rings is 1. The maximum Gasteiger partial charge on any atom is 0.416 e. The minimum atomic E-state index is -4.29. The van der Waals surface area contributed by atoms with Crippen LogP contribution in [0.1, 0.15) is 22.0 Å². The Labute approximate surface area is 155 Å². The zero-order valence-electron chi connectivity index (χ0n) is 12.8. The lowest BCUT2D eigenvalue weighted by atomic mass is 10.0. The fraction of sp³-hybridized carbons (Fsp3) is 0.375. The molecule has 2 aromatic rings. The first-order chi connectivity index (χ1) is 10.6. The molecule has 134 valence electrons. The maximum absolute atomic E-state index is 12.7. The van der Waals surface area contributed by atoms with Gasteiger partial charge in [-0.1, -0.05) is 18.2 Å². The van der Waals surface area contributed by atoms with Crippen molar-refractivity contribution in [3.05, 3.63) is 57.8 Å². The summed E-state index contributed by atoms with van der Waals surface area (Å²) in [6, 6.07) is 9.64. The molecule has 1 fully saturated rings. The van der Waals surface area contributed by atoms with Crippen LogP contribution in [0, 0.1) is 0 Å². The summed E-state index contributed by atoms with van der Waals surface area (Å²) in [7, 11) is 0. The van der Waals surface area contributed by atoms with E-state index in [9.17, 15) is 13.2 Å². The molecule has 2 nitrogen and oxygen atoms in total. The van der Waals surface area contributed by atoms with Gasteiger partial charge in [0.2, 0.25) is 0 Å². The Morgan fingerprint density at radius 3 is 2.12 bits per heavy atom. The largest absolute Gasteiger partial charge is 0.416 e. The van der Waals surface area contributed by atoms with Gasteiger partial charge >= 0.3 is 6.18 Å². The summed E-state index contributed by atoms with van der Waals surface area (Å²) in [5.41, 5.74) is 0.318. The third-order valence-electron chi connectivity index (χ3n) is 3.88. The SMILES string of the molecule is Cl.Cl.FC(F)(F)c1ccc([C@@H](c2cccs2)N2CCNCC2)cc1. The minimum absolute atomic E-state index is 0. The number of halogens is 5. The van der Waals surface area contributed by atoms with Crippen molar-refractivity contribution in [2.24, 2.45) is 0 Å². The second-order valence-electron chi connectivity index (χ2n) is 5.32. The summed E-state index contributed by atoms with van der Waals surface area (Å²) in [4.78, 5) is 3.49. The molecule has 0 spiro atoms. The van der Waals surface area contributed by atoms with Gasteiger partial charge in [0.15, 0.2) is 0 Å². The highest BCUT2D eigenvalue weighted by atomic mass is 35.5. The Kier molecular flexibility index (Phi) is 8.02. The highest BCUT2D eigenvalue weighted by Gasteiger charge is 2.31. The van der Waals surface area contributed by atoms with Gasteiger partial charge in [-0.05, 0) is 29.1 Å². The van der Waals surface area contributed by atoms with Crippen molar-refractivity contribution in [3.8, 4) is 0 Å².